The van der Waals surface area contributed by atoms with E-state index in [2.05, 4.69) is 51.1 Å². The van der Waals surface area contributed by atoms with Gasteiger partial charge in [-0.2, -0.15) is 4.80 Å². The minimum atomic E-state index is -0.153. The Hall–Kier alpha value is -2.32. The molecule has 0 aromatic carbocycles. The molecule has 2 aromatic rings. The van der Waals surface area contributed by atoms with Crippen LogP contribution in [-0.2, 0) is 27.4 Å². The number of hydrogen-bond donors (Lipinski definition) is 0. The largest absolute Gasteiger partial charge is 0.469 e. The van der Waals surface area contributed by atoms with Crippen LogP contribution in [0.25, 0.3) is 0 Å². The molecule has 0 bridgehead atoms. The summed E-state index contributed by atoms with van der Waals surface area (Å²) >= 11 is 0. The van der Waals surface area contributed by atoms with Crippen LogP contribution in [0.3, 0.4) is 0 Å². The first-order valence-corrected chi connectivity index (χ1v) is 8.81. The fourth-order valence-corrected chi connectivity index (χ4v) is 1.42. The van der Waals surface area contributed by atoms with Gasteiger partial charge < -0.3 is 9.15 Å². The molecule has 9 heteroatoms. The highest BCUT2D eigenvalue weighted by Crippen LogP contribution is 2.19. The minimum Gasteiger partial charge on any atom is -0.469 e. The summed E-state index contributed by atoms with van der Waals surface area (Å²) in [5.41, 5.74) is -0.0183. The number of aromatic nitrogens is 6. The molecule has 0 saturated carbocycles. The number of tetrazole rings is 1. The molecule has 0 saturated heterocycles. The van der Waals surface area contributed by atoms with Crippen LogP contribution in [0, 0.1) is 12.8 Å². The number of methoxy groups -OCH3 is 1. The molecule has 0 atom stereocenters. The Bertz CT molecular complexity index is 642. The Morgan fingerprint density at radius 1 is 1.04 bits per heavy atom. The smallest absolute Gasteiger partial charge is 0.308 e. The van der Waals surface area contributed by atoms with Crippen LogP contribution in [0.2, 0.25) is 0 Å². The van der Waals surface area contributed by atoms with Gasteiger partial charge in [-0.3, -0.25) is 4.79 Å². The molecule has 0 unspecified atom stereocenters. The maximum absolute atomic E-state index is 10.3. The van der Waals surface area contributed by atoms with Gasteiger partial charge in [0.05, 0.1) is 20.1 Å². The van der Waals surface area contributed by atoms with Crippen molar-refractivity contribution in [2.24, 2.45) is 13.0 Å². The van der Waals surface area contributed by atoms with E-state index in [-0.39, 0.29) is 22.7 Å². The fraction of sp³-hybridized carbons (Fsp3) is 0.778. The van der Waals surface area contributed by atoms with Crippen molar-refractivity contribution in [3.8, 4) is 0 Å². The number of carbonyl (C=O) groups is 1. The van der Waals surface area contributed by atoms with E-state index in [1.807, 2.05) is 20.8 Å². The molecule has 9 nitrogen and oxygen atoms in total. The third-order valence-corrected chi connectivity index (χ3v) is 3.02. The molecule has 2 aromatic heterocycles. The van der Waals surface area contributed by atoms with Crippen LogP contribution in [0.5, 0.6) is 0 Å². The SMILES string of the molecule is COC(=O)C(C)C.Cc1nnc(C(C)(C)C)o1.Cn1nnc(C(C)(C)C)n1. The summed E-state index contributed by atoms with van der Waals surface area (Å²) in [5, 5.41) is 19.3. The monoisotopic (exact) mass is 382 g/mol. The molecule has 0 spiro atoms. The molecule has 0 radical (unpaired) electrons. The topological polar surface area (TPSA) is 109 Å². The van der Waals surface area contributed by atoms with Crippen molar-refractivity contribution < 1.29 is 13.9 Å². The Labute approximate surface area is 161 Å². The standard InChI is InChI=1S/C7H12N2O.C6H12N4.C5H10O2/c1-5-8-9-6(10-5)7(2,3)4;1-6(2,3)5-7-9-10(4)8-5;1-4(2)5(6)7-3/h2*1-4H3;4H,1-3H3. The van der Waals surface area contributed by atoms with Gasteiger partial charge in [0.2, 0.25) is 11.8 Å². The summed E-state index contributed by atoms with van der Waals surface area (Å²) < 4.78 is 9.60. The maximum atomic E-state index is 10.3. The molecule has 0 aliphatic carbocycles. The Kier molecular flexibility index (Phi) is 9.26. The zero-order valence-corrected chi connectivity index (χ0v) is 18.5. The van der Waals surface area contributed by atoms with Gasteiger partial charge in [0.1, 0.15) is 0 Å². The summed E-state index contributed by atoms with van der Waals surface area (Å²) in [6, 6.07) is 0. The second kappa shape index (κ2) is 10.1. The summed E-state index contributed by atoms with van der Waals surface area (Å²) in [5.74, 6) is 1.97. The summed E-state index contributed by atoms with van der Waals surface area (Å²) in [4.78, 5) is 11.8. The van der Waals surface area contributed by atoms with Gasteiger partial charge in [-0.05, 0) is 5.21 Å². The van der Waals surface area contributed by atoms with E-state index < -0.39 is 0 Å². The van der Waals surface area contributed by atoms with Crippen molar-refractivity contribution in [3.63, 3.8) is 0 Å². The van der Waals surface area contributed by atoms with Crippen LogP contribution in [-0.4, -0.2) is 43.5 Å². The van der Waals surface area contributed by atoms with Crippen molar-refractivity contribution in [3.05, 3.63) is 17.6 Å². The Morgan fingerprint density at radius 3 is 1.74 bits per heavy atom. The van der Waals surface area contributed by atoms with E-state index in [4.69, 9.17) is 4.42 Å². The quantitative estimate of drug-likeness (QED) is 0.692. The number of ether oxygens (including phenoxy) is 1. The van der Waals surface area contributed by atoms with Crippen LogP contribution in [0.1, 0.15) is 73.0 Å². The molecule has 0 aliphatic rings. The van der Waals surface area contributed by atoms with E-state index in [9.17, 15) is 4.79 Å². The van der Waals surface area contributed by atoms with E-state index in [0.717, 1.165) is 5.82 Å². The van der Waals surface area contributed by atoms with E-state index in [1.54, 1.807) is 27.8 Å². The first-order valence-electron chi connectivity index (χ1n) is 8.81. The summed E-state index contributed by atoms with van der Waals surface area (Å²) in [7, 11) is 3.16. The molecule has 0 N–H and O–H groups in total. The molecule has 154 valence electrons. The lowest BCUT2D eigenvalue weighted by molar-refractivity contribution is -0.144. The highest BCUT2D eigenvalue weighted by atomic mass is 16.5. The number of rotatable bonds is 1. The van der Waals surface area contributed by atoms with Gasteiger partial charge >= 0.3 is 5.97 Å². The number of esters is 1. The van der Waals surface area contributed by atoms with Gasteiger partial charge in [-0.25, -0.2) is 0 Å². The molecule has 27 heavy (non-hydrogen) atoms. The van der Waals surface area contributed by atoms with Gasteiger partial charge in [0.15, 0.2) is 5.82 Å². The highest BCUT2D eigenvalue weighted by Gasteiger charge is 2.20. The van der Waals surface area contributed by atoms with Gasteiger partial charge in [0.25, 0.3) is 0 Å². The van der Waals surface area contributed by atoms with Crippen LogP contribution in [0.15, 0.2) is 4.42 Å². The van der Waals surface area contributed by atoms with Gasteiger partial charge in [-0.1, -0.05) is 55.4 Å². The molecular weight excluding hydrogens is 348 g/mol. The Morgan fingerprint density at radius 2 is 1.59 bits per heavy atom. The van der Waals surface area contributed by atoms with Gasteiger partial charge in [-0.15, -0.1) is 20.4 Å². The predicted octanol–water partition coefficient (Wildman–Crippen LogP) is 3.00. The zero-order chi connectivity index (χ0) is 21.4. The van der Waals surface area contributed by atoms with Crippen molar-refractivity contribution in [1.82, 2.24) is 30.4 Å². The first kappa shape index (κ1) is 24.7. The lowest BCUT2D eigenvalue weighted by Crippen LogP contribution is -2.13. The van der Waals surface area contributed by atoms with Crippen LogP contribution in [0.4, 0.5) is 0 Å². The predicted molar refractivity (Wildman–Crippen MR) is 102 cm³/mol. The summed E-state index contributed by atoms with van der Waals surface area (Å²) in [6.45, 7) is 17.7. The molecule has 0 aliphatic heterocycles. The molecule has 2 rings (SSSR count). The molecular formula is C18H34N6O3. The second-order valence-corrected chi connectivity index (χ2v) is 8.41. The third-order valence-electron chi connectivity index (χ3n) is 3.02. The average molecular weight is 383 g/mol. The van der Waals surface area contributed by atoms with E-state index in [0.29, 0.717) is 11.8 Å². The fourth-order valence-electron chi connectivity index (χ4n) is 1.42. The number of carbonyl (C=O) groups excluding carboxylic acids is 1. The van der Waals surface area contributed by atoms with Crippen LogP contribution < -0.4 is 0 Å². The number of hydrogen-bond acceptors (Lipinski definition) is 8. The second-order valence-electron chi connectivity index (χ2n) is 8.41. The molecule has 2 heterocycles. The number of nitrogens with zero attached hydrogens (tertiary/aromatic N) is 6. The first-order chi connectivity index (χ1) is 12.2. The lowest BCUT2D eigenvalue weighted by Gasteiger charge is -2.10. The van der Waals surface area contributed by atoms with E-state index >= 15 is 0 Å². The normalized spacial score (nSPS) is 11.3. The highest BCUT2D eigenvalue weighted by molar-refractivity contribution is 5.71. The minimum absolute atomic E-state index is 0.00463. The average Bonchev–Trinajstić information content (AvgIpc) is 3.15. The molecule has 0 fully saturated rings. The lowest BCUT2D eigenvalue weighted by atomic mass is 9.96. The van der Waals surface area contributed by atoms with Crippen molar-refractivity contribution in [1.29, 1.82) is 0 Å². The van der Waals surface area contributed by atoms with E-state index in [1.165, 1.54) is 11.9 Å². The van der Waals surface area contributed by atoms with Crippen molar-refractivity contribution >= 4 is 5.97 Å². The summed E-state index contributed by atoms with van der Waals surface area (Å²) in [6.07, 6.45) is 0. The van der Waals surface area contributed by atoms with Crippen molar-refractivity contribution in [2.75, 3.05) is 7.11 Å². The van der Waals surface area contributed by atoms with Crippen molar-refractivity contribution in [2.45, 2.75) is 73.1 Å². The number of aryl methyl sites for hydroxylation is 2. The molecule has 0 amide bonds. The zero-order valence-electron chi connectivity index (χ0n) is 18.5. The third kappa shape index (κ3) is 9.81. The Balaban J connectivity index is 0.000000384. The maximum Gasteiger partial charge on any atom is 0.308 e. The van der Waals surface area contributed by atoms with Gasteiger partial charge in [0, 0.05) is 17.8 Å². The van der Waals surface area contributed by atoms with Crippen LogP contribution >= 0.6 is 0 Å².